The smallest absolute Gasteiger partial charge is 0.186 e. The highest BCUT2D eigenvalue weighted by atomic mass is 32.1. The Morgan fingerprint density at radius 2 is 2.38 bits per heavy atom. The van der Waals surface area contributed by atoms with Gasteiger partial charge in [-0.2, -0.15) is 5.10 Å². The molecule has 0 aromatic heterocycles. The standard InChI is InChI=1S/C12H19N3S/c1-12(2)9-5-4-8(10(12)6-9)7-14-15-11(16)13-3/h4,7,9-10H,5-6H2,1-3H3,(H2,13,15,16)/b14-7+. The molecule has 2 bridgehead atoms. The fourth-order valence-electron chi connectivity index (χ4n) is 2.77. The second kappa shape index (κ2) is 4.17. The molecule has 0 heterocycles. The van der Waals surface area contributed by atoms with Crippen LogP contribution in [0.3, 0.4) is 0 Å². The van der Waals surface area contributed by atoms with Gasteiger partial charge in [0.05, 0.1) is 6.21 Å². The van der Waals surface area contributed by atoms with Crippen molar-refractivity contribution in [2.75, 3.05) is 7.05 Å². The average Bonchev–Trinajstić information content (AvgIpc) is 2.28. The van der Waals surface area contributed by atoms with E-state index in [1.54, 1.807) is 7.05 Å². The van der Waals surface area contributed by atoms with Gasteiger partial charge in [-0.3, -0.25) is 5.43 Å². The van der Waals surface area contributed by atoms with E-state index in [1.807, 2.05) is 6.21 Å². The quantitative estimate of drug-likeness (QED) is 0.438. The maximum atomic E-state index is 4.95. The van der Waals surface area contributed by atoms with Crippen LogP contribution in [0, 0.1) is 17.3 Å². The summed E-state index contributed by atoms with van der Waals surface area (Å²) in [5, 5.41) is 7.54. The van der Waals surface area contributed by atoms with E-state index in [9.17, 15) is 0 Å². The van der Waals surface area contributed by atoms with Gasteiger partial charge < -0.3 is 5.32 Å². The van der Waals surface area contributed by atoms with E-state index >= 15 is 0 Å². The first-order chi connectivity index (χ1) is 7.55. The lowest BCUT2D eigenvalue weighted by atomic mass is 9.49. The maximum Gasteiger partial charge on any atom is 0.186 e. The fourth-order valence-corrected chi connectivity index (χ4v) is 2.82. The molecule has 1 fully saturated rings. The summed E-state index contributed by atoms with van der Waals surface area (Å²) in [6, 6.07) is 0. The maximum absolute atomic E-state index is 4.95. The van der Waals surface area contributed by atoms with E-state index in [1.165, 1.54) is 18.4 Å². The van der Waals surface area contributed by atoms with Crippen molar-refractivity contribution in [3.8, 4) is 0 Å². The molecule has 0 aromatic carbocycles. The highest BCUT2D eigenvalue weighted by Crippen LogP contribution is 2.58. The summed E-state index contributed by atoms with van der Waals surface area (Å²) in [5.74, 6) is 1.56. The van der Waals surface area contributed by atoms with Crippen LogP contribution in [-0.2, 0) is 0 Å². The topological polar surface area (TPSA) is 36.4 Å². The van der Waals surface area contributed by atoms with Crippen molar-refractivity contribution in [1.82, 2.24) is 10.7 Å². The number of rotatable bonds is 2. The van der Waals surface area contributed by atoms with Crippen molar-refractivity contribution < 1.29 is 0 Å². The Kier molecular flexibility index (Phi) is 3.02. The molecule has 2 unspecified atom stereocenters. The van der Waals surface area contributed by atoms with Crippen LogP contribution in [0.2, 0.25) is 0 Å². The Balaban J connectivity index is 1.96. The molecule has 0 amide bonds. The Morgan fingerprint density at radius 1 is 1.62 bits per heavy atom. The first kappa shape index (κ1) is 11.6. The number of thiocarbonyl (C=S) groups is 1. The fraction of sp³-hybridized carbons (Fsp3) is 0.667. The molecule has 3 rings (SSSR count). The number of allylic oxidation sites excluding steroid dienone is 2. The van der Waals surface area contributed by atoms with Crippen molar-refractivity contribution in [1.29, 1.82) is 0 Å². The molecule has 0 aliphatic heterocycles. The Hall–Kier alpha value is -0.900. The zero-order chi connectivity index (χ0) is 11.8. The molecule has 3 nitrogen and oxygen atoms in total. The highest BCUT2D eigenvalue weighted by Gasteiger charge is 2.50. The molecule has 16 heavy (non-hydrogen) atoms. The van der Waals surface area contributed by atoms with Crippen LogP contribution < -0.4 is 10.7 Å². The van der Waals surface area contributed by atoms with E-state index in [2.05, 4.69) is 35.8 Å². The van der Waals surface area contributed by atoms with E-state index in [0.29, 0.717) is 16.4 Å². The van der Waals surface area contributed by atoms with E-state index in [4.69, 9.17) is 12.2 Å². The second-order valence-corrected chi connectivity index (χ2v) is 5.60. The van der Waals surface area contributed by atoms with Gasteiger partial charge in [-0.05, 0) is 47.9 Å². The van der Waals surface area contributed by atoms with Gasteiger partial charge in [0.25, 0.3) is 0 Å². The molecule has 4 heteroatoms. The van der Waals surface area contributed by atoms with Crippen LogP contribution in [0.5, 0.6) is 0 Å². The first-order valence-electron chi connectivity index (χ1n) is 5.76. The summed E-state index contributed by atoms with van der Waals surface area (Å²) in [4.78, 5) is 0. The normalized spacial score (nSPS) is 30.6. The minimum Gasteiger partial charge on any atom is -0.364 e. The number of hydrazone groups is 1. The third kappa shape index (κ3) is 1.86. The molecule has 0 spiro atoms. The third-order valence-electron chi connectivity index (χ3n) is 4.12. The monoisotopic (exact) mass is 237 g/mol. The van der Waals surface area contributed by atoms with Crippen LogP contribution in [0.1, 0.15) is 26.7 Å². The van der Waals surface area contributed by atoms with Crippen molar-refractivity contribution in [3.05, 3.63) is 11.6 Å². The summed E-state index contributed by atoms with van der Waals surface area (Å²) in [6.45, 7) is 4.72. The Bertz CT molecular complexity index is 357. The van der Waals surface area contributed by atoms with Gasteiger partial charge in [-0.15, -0.1) is 0 Å². The van der Waals surface area contributed by atoms with Crippen LogP contribution in [0.15, 0.2) is 16.8 Å². The van der Waals surface area contributed by atoms with Crippen molar-refractivity contribution in [2.45, 2.75) is 26.7 Å². The van der Waals surface area contributed by atoms with Gasteiger partial charge in [0.2, 0.25) is 0 Å². The number of hydrogen-bond acceptors (Lipinski definition) is 2. The predicted molar refractivity (Wildman–Crippen MR) is 71.4 cm³/mol. The number of fused-ring (bicyclic) bond motifs is 1. The second-order valence-electron chi connectivity index (χ2n) is 5.20. The molecule has 2 atom stereocenters. The summed E-state index contributed by atoms with van der Waals surface area (Å²) in [5.41, 5.74) is 4.61. The van der Waals surface area contributed by atoms with Gasteiger partial charge in [0.1, 0.15) is 0 Å². The minimum atomic E-state index is 0.458. The van der Waals surface area contributed by atoms with Crippen molar-refractivity contribution >= 4 is 23.5 Å². The van der Waals surface area contributed by atoms with E-state index < -0.39 is 0 Å². The third-order valence-corrected chi connectivity index (χ3v) is 4.41. The lowest BCUT2D eigenvalue weighted by Crippen LogP contribution is -2.48. The van der Waals surface area contributed by atoms with E-state index in [-0.39, 0.29) is 0 Å². The predicted octanol–water partition coefficient (Wildman–Crippen LogP) is 2.06. The van der Waals surface area contributed by atoms with Gasteiger partial charge in [-0.1, -0.05) is 19.9 Å². The van der Waals surface area contributed by atoms with Crippen LogP contribution in [0.25, 0.3) is 0 Å². The molecule has 3 aliphatic carbocycles. The van der Waals surface area contributed by atoms with Crippen molar-refractivity contribution in [3.63, 3.8) is 0 Å². The lowest BCUT2D eigenvalue weighted by molar-refractivity contribution is -0.00126. The number of nitrogens with one attached hydrogen (secondary N) is 2. The summed E-state index contributed by atoms with van der Waals surface area (Å²) in [7, 11) is 1.78. The summed E-state index contributed by atoms with van der Waals surface area (Å²) in [6.07, 6.45) is 6.76. The Labute approximate surface area is 102 Å². The summed E-state index contributed by atoms with van der Waals surface area (Å²) < 4.78 is 0. The zero-order valence-corrected chi connectivity index (χ0v) is 10.9. The summed E-state index contributed by atoms with van der Waals surface area (Å²) >= 11 is 4.95. The molecular weight excluding hydrogens is 218 g/mol. The van der Waals surface area contributed by atoms with Crippen LogP contribution in [-0.4, -0.2) is 18.4 Å². The molecule has 1 saturated carbocycles. The average molecular weight is 237 g/mol. The van der Waals surface area contributed by atoms with Crippen LogP contribution >= 0.6 is 12.2 Å². The van der Waals surface area contributed by atoms with Gasteiger partial charge in [0.15, 0.2) is 5.11 Å². The molecular formula is C12H19N3S. The molecule has 2 N–H and O–H groups in total. The van der Waals surface area contributed by atoms with Gasteiger partial charge in [-0.25, -0.2) is 0 Å². The lowest BCUT2D eigenvalue weighted by Gasteiger charge is -2.55. The van der Waals surface area contributed by atoms with E-state index in [0.717, 1.165) is 5.92 Å². The highest BCUT2D eigenvalue weighted by molar-refractivity contribution is 7.80. The SMILES string of the molecule is CNC(=S)N/N=C/C1=CCC2CC1C2(C)C. The van der Waals surface area contributed by atoms with Gasteiger partial charge in [0, 0.05) is 7.05 Å². The van der Waals surface area contributed by atoms with Crippen molar-refractivity contribution in [2.24, 2.45) is 22.4 Å². The minimum absolute atomic E-state index is 0.458. The largest absolute Gasteiger partial charge is 0.364 e. The molecule has 0 aromatic rings. The Morgan fingerprint density at radius 3 is 2.94 bits per heavy atom. The number of nitrogens with zero attached hydrogens (tertiary/aromatic N) is 1. The van der Waals surface area contributed by atoms with Crippen LogP contribution in [0.4, 0.5) is 0 Å². The molecule has 0 radical (unpaired) electrons. The molecule has 88 valence electrons. The zero-order valence-electron chi connectivity index (χ0n) is 10.1. The first-order valence-corrected chi connectivity index (χ1v) is 6.17. The van der Waals surface area contributed by atoms with Gasteiger partial charge >= 0.3 is 0 Å². The number of hydrogen-bond donors (Lipinski definition) is 2. The molecule has 3 aliphatic rings. The molecule has 0 saturated heterocycles.